The first-order valence-corrected chi connectivity index (χ1v) is 4.48. The average molecular weight is 265 g/mol. The van der Waals surface area contributed by atoms with Gasteiger partial charge in [-0.15, -0.1) is 0 Å². The highest BCUT2D eigenvalue weighted by Crippen LogP contribution is 2.32. The molecule has 0 amide bonds. The Hall–Kier alpha value is -1.04. The molecule has 1 N–H and O–H groups in total. The fourth-order valence-electron chi connectivity index (χ4n) is 1.16. The summed E-state index contributed by atoms with van der Waals surface area (Å²) in [6, 6.07) is 3.44. The third-order valence-corrected chi connectivity index (χ3v) is 2.45. The first-order valence-electron chi connectivity index (χ1n) is 3.69. The lowest BCUT2D eigenvalue weighted by molar-refractivity contribution is -0.137. The summed E-state index contributed by atoms with van der Waals surface area (Å²) >= 11 is 3.06. The Morgan fingerprint density at radius 1 is 1.29 bits per heavy atom. The Balaban J connectivity index is 2.66. The number of nitrogens with zero attached hydrogens (tertiary/aromatic N) is 1. The van der Waals surface area contributed by atoms with Gasteiger partial charge in [-0.2, -0.15) is 18.3 Å². The van der Waals surface area contributed by atoms with Gasteiger partial charge in [0.05, 0.1) is 11.1 Å². The number of aromatic nitrogens is 2. The van der Waals surface area contributed by atoms with Gasteiger partial charge in [-0.1, -0.05) is 0 Å². The van der Waals surface area contributed by atoms with Crippen LogP contribution in [0.25, 0.3) is 10.9 Å². The molecule has 0 spiro atoms. The first kappa shape index (κ1) is 9.51. The molecule has 0 saturated carbocycles. The minimum atomic E-state index is -4.31. The van der Waals surface area contributed by atoms with E-state index < -0.39 is 11.7 Å². The minimum absolute atomic E-state index is 0.388. The largest absolute Gasteiger partial charge is 0.416 e. The topological polar surface area (TPSA) is 28.7 Å². The molecule has 74 valence electrons. The molecule has 14 heavy (non-hydrogen) atoms. The highest BCUT2D eigenvalue weighted by molar-refractivity contribution is 9.10. The van der Waals surface area contributed by atoms with E-state index in [0.29, 0.717) is 15.5 Å². The second-order valence-electron chi connectivity index (χ2n) is 2.77. The molecule has 0 fully saturated rings. The monoisotopic (exact) mass is 264 g/mol. The van der Waals surface area contributed by atoms with Crippen molar-refractivity contribution in [2.24, 2.45) is 0 Å². The normalized spacial score (nSPS) is 12.3. The standard InChI is InChI=1S/C8H4BrF3N2/c9-7-5-3-4(8(10,11)12)1-2-6(5)13-14-7/h1-3H,(H,13,14). The zero-order valence-electron chi connectivity index (χ0n) is 6.69. The van der Waals surface area contributed by atoms with Gasteiger partial charge in [0.25, 0.3) is 0 Å². The van der Waals surface area contributed by atoms with Crippen LogP contribution < -0.4 is 0 Å². The molecule has 1 heterocycles. The van der Waals surface area contributed by atoms with Crippen LogP contribution in [0.1, 0.15) is 5.56 Å². The van der Waals surface area contributed by atoms with Crippen molar-refractivity contribution < 1.29 is 13.2 Å². The van der Waals surface area contributed by atoms with Crippen LogP contribution >= 0.6 is 15.9 Å². The highest BCUT2D eigenvalue weighted by Gasteiger charge is 2.30. The molecule has 0 saturated heterocycles. The van der Waals surface area contributed by atoms with E-state index >= 15 is 0 Å². The molecule has 2 nitrogen and oxygen atoms in total. The lowest BCUT2D eigenvalue weighted by atomic mass is 10.1. The molecule has 1 aromatic heterocycles. The van der Waals surface area contributed by atoms with Crippen LogP contribution in [-0.4, -0.2) is 10.2 Å². The van der Waals surface area contributed by atoms with E-state index in [2.05, 4.69) is 26.1 Å². The maximum absolute atomic E-state index is 12.3. The molecule has 1 aromatic carbocycles. The van der Waals surface area contributed by atoms with E-state index in [-0.39, 0.29) is 0 Å². The van der Waals surface area contributed by atoms with Gasteiger partial charge in [-0.25, -0.2) is 0 Å². The van der Waals surface area contributed by atoms with E-state index in [4.69, 9.17) is 0 Å². The number of alkyl halides is 3. The smallest absolute Gasteiger partial charge is 0.277 e. The molecule has 6 heteroatoms. The number of hydrogen-bond acceptors (Lipinski definition) is 1. The van der Waals surface area contributed by atoms with Crippen molar-refractivity contribution in [2.45, 2.75) is 6.18 Å². The van der Waals surface area contributed by atoms with Gasteiger partial charge in [0.15, 0.2) is 0 Å². The second-order valence-corrected chi connectivity index (χ2v) is 3.52. The van der Waals surface area contributed by atoms with Gasteiger partial charge >= 0.3 is 6.18 Å². The molecule has 0 aliphatic carbocycles. The molecule has 0 aliphatic rings. The maximum atomic E-state index is 12.3. The predicted molar refractivity (Wildman–Crippen MR) is 48.8 cm³/mol. The Morgan fingerprint density at radius 3 is 2.64 bits per heavy atom. The van der Waals surface area contributed by atoms with Crippen LogP contribution in [0, 0.1) is 0 Å². The van der Waals surface area contributed by atoms with Crippen LogP contribution in [0.2, 0.25) is 0 Å². The van der Waals surface area contributed by atoms with E-state index in [1.165, 1.54) is 6.07 Å². The summed E-state index contributed by atoms with van der Waals surface area (Å²) in [4.78, 5) is 0. The summed E-state index contributed by atoms with van der Waals surface area (Å²) in [5.74, 6) is 0. The molecule has 0 atom stereocenters. The van der Waals surface area contributed by atoms with Crippen LogP contribution in [0.15, 0.2) is 22.8 Å². The van der Waals surface area contributed by atoms with Crippen molar-refractivity contribution in [1.82, 2.24) is 10.2 Å². The average Bonchev–Trinajstić information content (AvgIpc) is 2.46. The number of H-pyrrole nitrogens is 1. The van der Waals surface area contributed by atoms with Crippen molar-refractivity contribution in [3.63, 3.8) is 0 Å². The summed E-state index contributed by atoms with van der Waals surface area (Å²) < 4.78 is 37.3. The van der Waals surface area contributed by atoms with Gasteiger partial charge in [-0.05, 0) is 34.1 Å². The number of fused-ring (bicyclic) bond motifs is 1. The first-order chi connectivity index (χ1) is 6.48. The summed E-state index contributed by atoms with van der Waals surface area (Å²) in [6.45, 7) is 0. The zero-order chi connectivity index (χ0) is 10.3. The molecule has 0 radical (unpaired) electrons. The third kappa shape index (κ3) is 1.50. The zero-order valence-corrected chi connectivity index (χ0v) is 8.28. The van der Waals surface area contributed by atoms with Crippen LogP contribution in [0.3, 0.4) is 0 Å². The van der Waals surface area contributed by atoms with Crippen molar-refractivity contribution in [1.29, 1.82) is 0 Å². The quantitative estimate of drug-likeness (QED) is 0.777. The molecular formula is C8H4BrF3N2. The molecule has 0 aliphatic heterocycles. The van der Waals surface area contributed by atoms with Crippen LogP contribution in [0.5, 0.6) is 0 Å². The van der Waals surface area contributed by atoms with Crippen LogP contribution in [-0.2, 0) is 6.18 Å². The van der Waals surface area contributed by atoms with Crippen molar-refractivity contribution in [3.05, 3.63) is 28.4 Å². The number of hydrogen-bond donors (Lipinski definition) is 1. The van der Waals surface area contributed by atoms with Crippen molar-refractivity contribution >= 4 is 26.8 Å². The third-order valence-electron chi connectivity index (χ3n) is 1.84. The van der Waals surface area contributed by atoms with Gasteiger partial charge in [0.2, 0.25) is 0 Å². The van der Waals surface area contributed by atoms with Gasteiger partial charge in [-0.3, -0.25) is 5.10 Å². The van der Waals surface area contributed by atoms with E-state index in [0.717, 1.165) is 12.1 Å². The van der Waals surface area contributed by atoms with Gasteiger partial charge in [0.1, 0.15) is 4.60 Å². The number of halogens is 4. The second kappa shape index (κ2) is 2.98. The summed E-state index contributed by atoms with van der Waals surface area (Å²) in [6.07, 6.45) is -4.31. The predicted octanol–water partition coefficient (Wildman–Crippen LogP) is 3.34. The maximum Gasteiger partial charge on any atom is 0.416 e. The molecular weight excluding hydrogens is 261 g/mol. The summed E-state index contributed by atoms with van der Waals surface area (Å²) in [5.41, 5.74) is -0.100. The number of aromatic amines is 1. The Morgan fingerprint density at radius 2 is 2.00 bits per heavy atom. The molecule has 2 rings (SSSR count). The lowest BCUT2D eigenvalue weighted by Crippen LogP contribution is -2.03. The molecule has 0 bridgehead atoms. The Labute approximate surface area is 85.2 Å². The number of benzene rings is 1. The number of nitrogens with one attached hydrogen (secondary N) is 1. The fraction of sp³-hybridized carbons (Fsp3) is 0.125. The minimum Gasteiger partial charge on any atom is -0.277 e. The van der Waals surface area contributed by atoms with Gasteiger partial charge in [0, 0.05) is 5.39 Å². The van der Waals surface area contributed by atoms with E-state index in [9.17, 15) is 13.2 Å². The molecule has 2 aromatic rings. The number of rotatable bonds is 0. The van der Waals surface area contributed by atoms with E-state index in [1.807, 2.05) is 0 Å². The lowest BCUT2D eigenvalue weighted by Gasteiger charge is -2.05. The highest BCUT2D eigenvalue weighted by atomic mass is 79.9. The molecule has 0 unspecified atom stereocenters. The fourth-order valence-corrected chi connectivity index (χ4v) is 1.57. The van der Waals surface area contributed by atoms with Crippen LogP contribution in [0.4, 0.5) is 13.2 Å². The van der Waals surface area contributed by atoms with Gasteiger partial charge < -0.3 is 0 Å². The Bertz CT molecular complexity index is 475. The summed E-state index contributed by atoms with van der Waals surface area (Å²) in [7, 11) is 0. The summed E-state index contributed by atoms with van der Waals surface area (Å²) in [5, 5.41) is 6.78. The SMILES string of the molecule is FC(F)(F)c1ccc2[nH]nc(Br)c2c1. The Kier molecular flexibility index (Phi) is 2.02. The van der Waals surface area contributed by atoms with E-state index in [1.54, 1.807) is 0 Å². The van der Waals surface area contributed by atoms with Crippen molar-refractivity contribution in [2.75, 3.05) is 0 Å². The van der Waals surface area contributed by atoms with Crippen molar-refractivity contribution in [3.8, 4) is 0 Å².